The third kappa shape index (κ3) is 1.71. The van der Waals surface area contributed by atoms with Gasteiger partial charge in [-0.25, -0.2) is 0 Å². The molecule has 3 heteroatoms. The van der Waals surface area contributed by atoms with Crippen molar-refractivity contribution in [3.8, 4) is 0 Å². The summed E-state index contributed by atoms with van der Waals surface area (Å²) in [4.78, 5) is 12.7. The summed E-state index contributed by atoms with van der Waals surface area (Å²) >= 11 is 0. The highest BCUT2D eigenvalue weighted by Gasteiger charge is 2.33. The first kappa shape index (κ1) is 8.53. The summed E-state index contributed by atoms with van der Waals surface area (Å²) in [6.45, 7) is 5.90. The maximum absolute atomic E-state index is 10.7. The van der Waals surface area contributed by atoms with Gasteiger partial charge in [-0.3, -0.25) is 9.69 Å². The Morgan fingerprint density at radius 3 is 2.73 bits per heavy atom. The topological polar surface area (TPSA) is 40.5 Å². The minimum absolute atomic E-state index is 0.227. The molecule has 0 saturated carbocycles. The van der Waals surface area contributed by atoms with Gasteiger partial charge in [0.2, 0.25) is 0 Å². The molecule has 11 heavy (non-hydrogen) atoms. The summed E-state index contributed by atoms with van der Waals surface area (Å²) in [5.74, 6) is -0.132. The van der Waals surface area contributed by atoms with Crippen molar-refractivity contribution in [3.63, 3.8) is 0 Å². The van der Waals surface area contributed by atoms with E-state index in [0.717, 1.165) is 19.5 Å². The van der Waals surface area contributed by atoms with Crippen LogP contribution in [-0.2, 0) is 4.79 Å². The van der Waals surface area contributed by atoms with Crippen molar-refractivity contribution in [2.75, 3.05) is 13.1 Å². The van der Waals surface area contributed by atoms with Crippen molar-refractivity contribution in [2.24, 2.45) is 5.92 Å². The van der Waals surface area contributed by atoms with Crippen LogP contribution in [0.4, 0.5) is 0 Å². The van der Waals surface area contributed by atoms with Crippen LogP contribution in [0.1, 0.15) is 20.3 Å². The molecule has 1 N–H and O–H groups in total. The van der Waals surface area contributed by atoms with Gasteiger partial charge in [-0.2, -0.15) is 0 Å². The number of carboxylic acids is 1. The summed E-state index contributed by atoms with van der Waals surface area (Å²) in [7, 11) is 0. The highest BCUT2D eigenvalue weighted by molar-refractivity contribution is 5.73. The molecular weight excluding hydrogens is 142 g/mol. The fourth-order valence-electron chi connectivity index (χ4n) is 1.74. The van der Waals surface area contributed by atoms with E-state index >= 15 is 0 Å². The molecule has 0 aromatic rings. The van der Waals surface area contributed by atoms with E-state index in [0.29, 0.717) is 5.92 Å². The van der Waals surface area contributed by atoms with Gasteiger partial charge in [0.05, 0.1) is 0 Å². The van der Waals surface area contributed by atoms with Gasteiger partial charge >= 0.3 is 5.97 Å². The first-order chi connectivity index (χ1) is 5.15. The first-order valence-corrected chi connectivity index (χ1v) is 4.12. The standard InChI is InChI=1S/C8H15NO2/c1-3-9-5-6(2)4-7(9)8(10)11/h6-7H,3-5H2,1-2H3,(H,10,11)/t6-,7-/m0/s1. The van der Waals surface area contributed by atoms with Crippen molar-refractivity contribution in [1.29, 1.82) is 0 Å². The first-order valence-electron chi connectivity index (χ1n) is 4.12. The molecule has 1 fully saturated rings. The second-order valence-electron chi connectivity index (χ2n) is 3.28. The van der Waals surface area contributed by atoms with Gasteiger partial charge in [-0.1, -0.05) is 13.8 Å². The van der Waals surface area contributed by atoms with Gasteiger partial charge in [-0.05, 0) is 18.9 Å². The van der Waals surface area contributed by atoms with E-state index in [1.807, 2.05) is 11.8 Å². The van der Waals surface area contributed by atoms with Gasteiger partial charge in [0.15, 0.2) is 0 Å². The minimum atomic E-state index is -0.670. The number of nitrogens with zero attached hydrogens (tertiary/aromatic N) is 1. The fourth-order valence-corrected chi connectivity index (χ4v) is 1.74. The van der Waals surface area contributed by atoms with Gasteiger partial charge in [0.25, 0.3) is 0 Å². The second kappa shape index (κ2) is 3.22. The largest absolute Gasteiger partial charge is 0.480 e. The summed E-state index contributed by atoms with van der Waals surface area (Å²) in [6, 6.07) is -0.227. The van der Waals surface area contributed by atoms with Crippen LogP contribution in [0, 0.1) is 5.92 Å². The Morgan fingerprint density at radius 2 is 2.36 bits per heavy atom. The number of hydrogen-bond donors (Lipinski definition) is 1. The maximum Gasteiger partial charge on any atom is 0.320 e. The van der Waals surface area contributed by atoms with Crippen LogP contribution < -0.4 is 0 Å². The van der Waals surface area contributed by atoms with Crippen LogP contribution in [0.3, 0.4) is 0 Å². The third-order valence-corrected chi connectivity index (χ3v) is 2.30. The Balaban J connectivity index is 2.57. The molecule has 2 atom stereocenters. The zero-order valence-electron chi connectivity index (χ0n) is 7.08. The van der Waals surface area contributed by atoms with Crippen LogP contribution in [0.15, 0.2) is 0 Å². The number of aliphatic carboxylic acids is 1. The van der Waals surface area contributed by atoms with Gasteiger partial charge in [0.1, 0.15) is 6.04 Å². The van der Waals surface area contributed by atoms with Crippen molar-refractivity contribution >= 4 is 5.97 Å². The number of hydrogen-bond acceptors (Lipinski definition) is 2. The summed E-state index contributed by atoms with van der Waals surface area (Å²) in [6.07, 6.45) is 0.809. The van der Waals surface area contributed by atoms with Crippen LogP contribution in [0.2, 0.25) is 0 Å². The molecule has 0 amide bonds. The lowest BCUT2D eigenvalue weighted by Gasteiger charge is -2.17. The average molecular weight is 157 g/mol. The van der Waals surface area contributed by atoms with Crippen molar-refractivity contribution in [3.05, 3.63) is 0 Å². The van der Waals surface area contributed by atoms with Crippen molar-refractivity contribution < 1.29 is 9.90 Å². The Hall–Kier alpha value is -0.570. The lowest BCUT2D eigenvalue weighted by Crippen LogP contribution is -2.35. The van der Waals surface area contributed by atoms with E-state index in [-0.39, 0.29) is 6.04 Å². The Morgan fingerprint density at radius 1 is 1.73 bits per heavy atom. The van der Waals surface area contributed by atoms with Crippen LogP contribution in [0.25, 0.3) is 0 Å². The lowest BCUT2D eigenvalue weighted by molar-refractivity contribution is -0.142. The molecule has 1 aliphatic rings. The molecule has 0 bridgehead atoms. The SMILES string of the molecule is CCN1C[C@@H](C)C[C@H]1C(=O)O. The number of likely N-dealkylation sites (N-methyl/N-ethyl adjacent to an activating group) is 1. The highest BCUT2D eigenvalue weighted by Crippen LogP contribution is 2.21. The zero-order valence-corrected chi connectivity index (χ0v) is 7.08. The lowest BCUT2D eigenvalue weighted by atomic mass is 10.1. The normalized spacial score (nSPS) is 32.5. The number of carboxylic acid groups (broad SMARTS) is 1. The van der Waals surface area contributed by atoms with Crippen LogP contribution in [0.5, 0.6) is 0 Å². The molecule has 1 rings (SSSR count). The molecule has 3 nitrogen and oxygen atoms in total. The van der Waals surface area contributed by atoms with E-state index in [9.17, 15) is 4.79 Å². The highest BCUT2D eigenvalue weighted by atomic mass is 16.4. The van der Waals surface area contributed by atoms with Crippen LogP contribution >= 0.6 is 0 Å². The molecular formula is C8H15NO2. The Bertz CT molecular complexity index is 158. The number of likely N-dealkylation sites (tertiary alicyclic amines) is 1. The van der Waals surface area contributed by atoms with E-state index in [1.165, 1.54) is 0 Å². The van der Waals surface area contributed by atoms with Gasteiger partial charge in [0, 0.05) is 6.54 Å². The minimum Gasteiger partial charge on any atom is -0.480 e. The third-order valence-electron chi connectivity index (χ3n) is 2.30. The molecule has 0 spiro atoms. The van der Waals surface area contributed by atoms with E-state index in [4.69, 9.17) is 5.11 Å². The zero-order chi connectivity index (χ0) is 8.43. The molecule has 1 saturated heterocycles. The predicted molar refractivity (Wildman–Crippen MR) is 42.5 cm³/mol. The average Bonchev–Trinajstić information content (AvgIpc) is 2.30. The maximum atomic E-state index is 10.7. The van der Waals surface area contributed by atoms with Crippen molar-refractivity contribution in [2.45, 2.75) is 26.3 Å². The monoisotopic (exact) mass is 157 g/mol. The predicted octanol–water partition coefficient (Wildman–Crippen LogP) is 0.801. The summed E-state index contributed by atoms with van der Waals surface area (Å²) < 4.78 is 0. The molecule has 0 radical (unpaired) electrons. The quantitative estimate of drug-likeness (QED) is 0.644. The molecule has 0 aromatic carbocycles. The molecule has 0 aromatic heterocycles. The summed E-state index contributed by atoms with van der Waals surface area (Å²) in [5, 5.41) is 8.79. The van der Waals surface area contributed by atoms with Gasteiger partial charge in [-0.15, -0.1) is 0 Å². The van der Waals surface area contributed by atoms with Crippen LogP contribution in [-0.4, -0.2) is 35.1 Å². The number of rotatable bonds is 2. The van der Waals surface area contributed by atoms with Crippen molar-refractivity contribution in [1.82, 2.24) is 4.90 Å². The van der Waals surface area contributed by atoms with E-state index in [2.05, 4.69) is 6.92 Å². The smallest absolute Gasteiger partial charge is 0.320 e. The molecule has 0 aliphatic carbocycles. The molecule has 1 aliphatic heterocycles. The second-order valence-corrected chi connectivity index (χ2v) is 3.28. The molecule has 64 valence electrons. The fraction of sp³-hybridized carbons (Fsp3) is 0.875. The van der Waals surface area contributed by atoms with E-state index < -0.39 is 5.97 Å². The number of carbonyl (C=O) groups is 1. The summed E-state index contributed by atoms with van der Waals surface area (Å²) in [5.41, 5.74) is 0. The van der Waals surface area contributed by atoms with Gasteiger partial charge < -0.3 is 5.11 Å². The molecule has 0 unspecified atom stereocenters. The molecule has 1 heterocycles. The Labute approximate surface area is 67.0 Å². The Kier molecular flexibility index (Phi) is 2.49. The van der Waals surface area contributed by atoms with E-state index in [1.54, 1.807) is 0 Å².